The van der Waals surface area contributed by atoms with Crippen LogP contribution in [0.4, 0.5) is 0 Å². The highest BCUT2D eigenvalue weighted by atomic mass is 32.2. The van der Waals surface area contributed by atoms with E-state index < -0.39 is 0 Å². The third kappa shape index (κ3) is 4.53. The fourth-order valence-corrected chi connectivity index (χ4v) is 1.63. The summed E-state index contributed by atoms with van der Waals surface area (Å²) in [7, 11) is 0. The lowest BCUT2D eigenvalue weighted by molar-refractivity contribution is 0.436. The first-order valence-corrected chi connectivity index (χ1v) is 6.70. The maximum absolute atomic E-state index is 5.78. The molecule has 0 bridgehead atoms. The van der Waals surface area contributed by atoms with Gasteiger partial charge in [0.15, 0.2) is 0 Å². The first-order valence-electron chi connectivity index (χ1n) is 5.48. The first kappa shape index (κ1) is 13.7. The Bertz CT molecular complexity index is 427. The molecule has 0 atom stereocenters. The standard InChI is InChI=1S/C15H18OS/c1-5-6-7-15(12(2)3)16-13-8-10-14(17-4)11-9-13/h5-11H,2H2,1,3-4H3/b6-5-,15-7+. The summed E-state index contributed by atoms with van der Waals surface area (Å²) in [6.07, 6.45) is 7.88. The summed E-state index contributed by atoms with van der Waals surface area (Å²) >= 11 is 1.72. The molecule has 0 N–H and O–H groups in total. The minimum Gasteiger partial charge on any atom is -0.457 e. The van der Waals surface area contributed by atoms with Crippen LogP contribution in [-0.2, 0) is 0 Å². The average molecular weight is 246 g/mol. The molecule has 1 nitrogen and oxygen atoms in total. The van der Waals surface area contributed by atoms with Crippen molar-refractivity contribution in [2.24, 2.45) is 0 Å². The highest BCUT2D eigenvalue weighted by molar-refractivity contribution is 7.98. The molecular formula is C15H18OS. The molecule has 1 aromatic rings. The lowest BCUT2D eigenvalue weighted by atomic mass is 10.2. The molecule has 0 spiro atoms. The van der Waals surface area contributed by atoms with E-state index in [9.17, 15) is 0 Å². The van der Waals surface area contributed by atoms with Crippen molar-refractivity contribution >= 4 is 11.8 Å². The smallest absolute Gasteiger partial charge is 0.129 e. The zero-order valence-corrected chi connectivity index (χ0v) is 11.4. The summed E-state index contributed by atoms with van der Waals surface area (Å²) in [6.45, 7) is 7.82. The maximum atomic E-state index is 5.78. The zero-order chi connectivity index (χ0) is 12.7. The molecule has 0 unspecified atom stereocenters. The van der Waals surface area contributed by atoms with E-state index in [4.69, 9.17) is 4.74 Å². The number of ether oxygens (including phenoxy) is 1. The van der Waals surface area contributed by atoms with Crippen LogP contribution >= 0.6 is 11.8 Å². The van der Waals surface area contributed by atoms with Gasteiger partial charge in [-0.3, -0.25) is 0 Å². The third-order valence-corrected chi connectivity index (χ3v) is 2.89. The molecule has 0 aliphatic carbocycles. The lowest BCUT2D eigenvalue weighted by Gasteiger charge is -2.09. The van der Waals surface area contributed by atoms with E-state index in [2.05, 4.69) is 12.8 Å². The van der Waals surface area contributed by atoms with E-state index in [0.29, 0.717) is 0 Å². The van der Waals surface area contributed by atoms with Gasteiger partial charge in [0.1, 0.15) is 11.5 Å². The van der Waals surface area contributed by atoms with Crippen LogP contribution in [0, 0.1) is 0 Å². The Balaban J connectivity index is 2.82. The number of hydrogen-bond acceptors (Lipinski definition) is 2. The molecule has 1 aromatic carbocycles. The minimum absolute atomic E-state index is 0.792. The van der Waals surface area contributed by atoms with Gasteiger partial charge >= 0.3 is 0 Å². The van der Waals surface area contributed by atoms with Crippen LogP contribution in [-0.4, -0.2) is 6.26 Å². The molecule has 0 saturated heterocycles. The molecule has 90 valence electrons. The van der Waals surface area contributed by atoms with Crippen molar-refractivity contribution in [2.45, 2.75) is 18.7 Å². The van der Waals surface area contributed by atoms with E-state index in [0.717, 1.165) is 17.1 Å². The zero-order valence-electron chi connectivity index (χ0n) is 10.6. The predicted octanol–water partition coefficient (Wildman–Crippen LogP) is 4.82. The monoisotopic (exact) mass is 246 g/mol. The van der Waals surface area contributed by atoms with Crippen molar-refractivity contribution in [2.75, 3.05) is 6.26 Å². The number of rotatable bonds is 5. The maximum Gasteiger partial charge on any atom is 0.129 e. The number of hydrogen-bond donors (Lipinski definition) is 0. The van der Waals surface area contributed by atoms with Crippen LogP contribution in [0.5, 0.6) is 5.75 Å². The van der Waals surface area contributed by atoms with Crippen molar-refractivity contribution < 1.29 is 4.74 Å². The number of allylic oxidation sites excluding steroid dienone is 4. The molecule has 0 aliphatic heterocycles. The van der Waals surface area contributed by atoms with Crippen LogP contribution in [0.15, 0.2) is 65.3 Å². The largest absolute Gasteiger partial charge is 0.457 e. The quantitative estimate of drug-likeness (QED) is 0.418. The van der Waals surface area contributed by atoms with Gasteiger partial charge in [-0.2, -0.15) is 0 Å². The van der Waals surface area contributed by atoms with Gasteiger partial charge in [0.05, 0.1) is 0 Å². The highest BCUT2D eigenvalue weighted by Crippen LogP contribution is 2.22. The van der Waals surface area contributed by atoms with E-state index in [1.165, 1.54) is 4.90 Å². The van der Waals surface area contributed by atoms with Gasteiger partial charge in [0.2, 0.25) is 0 Å². The Kier molecular flexibility index (Phi) is 5.64. The Morgan fingerprint density at radius 3 is 2.41 bits per heavy atom. The van der Waals surface area contributed by atoms with E-state index >= 15 is 0 Å². The second kappa shape index (κ2) is 7.02. The second-order valence-corrected chi connectivity index (χ2v) is 4.49. The van der Waals surface area contributed by atoms with E-state index in [1.807, 2.05) is 56.3 Å². The normalized spacial score (nSPS) is 11.8. The molecule has 0 aliphatic rings. The number of thioether (sulfide) groups is 1. The van der Waals surface area contributed by atoms with Crippen LogP contribution in [0.1, 0.15) is 13.8 Å². The third-order valence-electron chi connectivity index (χ3n) is 2.15. The summed E-state index contributed by atoms with van der Waals surface area (Å²) < 4.78 is 5.78. The summed E-state index contributed by atoms with van der Waals surface area (Å²) in [5, 5.41) is 0. The van der Waals surface area contributed by atoms with E-state index in [1.54, 1.807) is 11.8 Å². The van der Waals surface area contributed by atoms with Crippen LogP contribution in [0.3, 0.4) is 0 Å². The Labute approximate surface area is 108 Å². The highest BCUT2D eigenvalue weighted by Gasteiger charge is 2.01. The van der Waals surface area contributed by atoms with E-state index in [-0.39, 0.29) is 0 Å². The van der Waals surface area contributed by atoms with Gasteiger partial charge in [-0.25, -0.2) is 0 Å². The molecule has 2 heteroatoms. The fourth-order valence-electron chi connectivity index (χ4n) is 1.22. The summed E-state index contributed by atoms with van der Waals surface area (Å²) in [4.78, 5) is 1.23. The molecule has 0 heterocycles. The van der Waals surface area contributed by atoms with Gasteiger partial charge in [0, 0.05) is 4.90 Å². The molecule has 1 rings (SSSR count). The second-order valence-electron chi connectivity index (χ2n) is 3.61. The van der Waals surface area contributed by atoms with Crippen molar-refractivity contribution in [3.05, 3.63) is 60.4 Å². The predicted molar refractivity (Wildman–Crippen MR) is 76.6 cm³/mol. The summed E-state index contributed by atoms with van der Waals surface area (Å²) in [6, 6.07) is 8.04. The number of benzene rings is 1. The van der Waals surface area contributed by atoms with Crippen molar-refractivity contribution in [1.82, 2.24) is 0 Å². The minimum atomic E-state index is 0.792. The topological polar surface area (TPSA) is 9.23 Å². The first-order chi connectivity index (χ1) is 8.17. The summed E-state index contributed by atoms with van der Waals surface area (Å²) in [5.74, 6) is 1.63. The van der Waals surface area contributed by atoms with Gasteiger partial charge in [-0.1, -0.05) is 18.7 Å². The van der Waals surface area contributed by atoms with Crippen molar-refractivity contribution in [3.63, 3.8) is 0 Å². The molecular weight excluding hydrogens is 228 g/mol. The molecule has 0 saturated carbocycles. The van der Waals surface area contributed by atoms with Crippen LogP contribution in [0.2, 0.25) is 0 Å². The molecule has 17 heavy (non-hydrogen) atoms. The SMILES string of the molecule is C=C(C)/C(=C\C=C/C)Oc1ccc(SC)cc1. The van der Waals surface area contributed by atoms with Gasteiger partial charge in [-0.05, 0) is 56.0 Å². The molecule has 0 fully saturated rings. The Morgan fingerprint density at radius 2 is 1.94 bits per heavy atom. The molecule has 0 radical (unpaired) electrons. The summed E-state index contributed by atoms with van der Waals surface area (Å²) in [5.41, 5.74) is 0.914. The van der Waals surface area contributed by atoms with Crippen LogP contribution < -0.4 is 4.74 Å². The fraction of sp³-hybridized carbons (Fsp3) is 0.200. The van der Waals surface area contributed by atoms with Gasteiger partial charge in [-0.15, -0.1) is 11.8 Å². The van der Waals surface area contributed by atoms with Gasteiger partial charge in [0.25, 0.3) is 0 Å². The average Bonchev–Trinajstić information content (AvgIpc) is 2.35. The molecule has 0 aromatic heterocycles. The van der Waals surface area contributed by atoms with Crippen molar-refractivity contribution in [3.8, 4) is 5.75 Å². The Morgan fingerprint density at radius 1 is 1.29 bits per heavy atom. The molecule has 0 amide bonds. The van der Waals surface area contributed by atoms with Crippen molar-refractivity contribution in [1.29, 1.82) is 0 Å². The van der Waals surface area contributed by atoms with Gasteiger partial charge < -0.3 is 4.74 Å². The Hall–Kier alpha value is -1.41. The van der Waals surface area contributed by atoms with Crippen LogP contribution in [0.25, 0.3) is 0 Å². The lowest BCUT2D eigenvalue weighted by Crippen LogP contribution is -1.95.